The quantitative estimate of drug-likeness (QED) is 0.655. The Morgan fingerprint density at radius 3 is 2.67 bits per heavy atom. The van der Waals surface area contributed by atoms with E-state index in [1.54, 1.807) is 35.0 Å². The van der Waals surface area contributed by atoms with Gasteiger partial charge in [0.05, 0.1) is 6.42 Å². The molecule has 9 heteroatoms. The molecule has 0 radical (unpaired) electrons. The first-order chi connectivity index (χ1) is 14.5. The first kappa shape index (κ1) is 20.2. The lowest BCUT2D eigenvalue weighted by atomic mass is 10.2. The topological polar surface area (TPSA) is 103 Å². The molecule has 1 aromatic carbocycles. The highest BCUT2D eigenvalue weighted by Gasteiger charge is 2.44. The van der Waals surface area contributed by atoms with Crippen LogP contribution in [0.5, 0.6) is 11.5 Å². The van der Waals surface area contributed by atoms with E-state index >= 15 is 0 Å². The zero-order valence-electron chi connectivity index (χ0n) is 16.3. The number of carbonyl (C=O) groups excluding carboxylic acids is 3. The lowest BCUT2D eigenvalue weighted by Gasteiger charge is -2.21. The SMILES string of the molecule is O=C(COC(=O)CCNC(=O)c1ccsc1)Nc1ccc2c(c1)OC1(CCCC1)O2. The normalized spacial score (nSPS) is 15.7. The second-order valence-electron chi connectivity index (χ2n) is 7.21. The van der Waals surface area contributed by atoms with Gasteiger partial charge in [-0.2, -0.15) is 11.3 Å². The summed E-state index contributed by atoms with van der Waals surface area (Å²) in [5.41, 5.74) is 1.09. The molecule has 0 unspecified atom stereocenters. The number of ether oxygens (including phenoxy) is 3. The van der Waals surface area contributed by atoms with Gasteiger partial charge in [-0.25, -0.2) is 0 Å². The van der Waals surface area contributed by atoms with Crippen LogP contribution in [-0.2, 0) is 14.3 Å². The molecule has 8 nitrogen and oxygen atoms in total. The highest BCUT2D eigenvalue weighted by molar-refractivity contribution is 7.08. The minimum absolute atomic E-state index is 0.0186. The molecule has 1 spiro atoms. The number of carbonyl (C=O) groups is 3. The Kier molecular flexibility index (Phi) is 5.89. The number of amides is 2. The largest absolute Gasteiger partial charge is 0.456 e. The second kappa shape index (κ2) is 8.74. The summed E-state index contributed by atoms with van der Waals surface area (Å²) in [6, 6.07) is 6.89. The predicted molar refractivity (Wildman–Crippen MR) is 110 cm³/mol. The highest BCUT2D eigenvalue weighted by Crippen LogP contribution is 2.47. The number of fused-ring (bicyclic) bond motifs is 1. The molecule has 2 heterocycles. The Morgan fingerprint density at radius 1 is 1.10 bits per heavy atom. The van der Waals surface area contributed by atoms with Crippen LogP contribution in [-0.4, -0.2) is 36.7 Å². The maximum absolute atomic E-state index is 12.1. The molecule has 1 aliphatic carbocycles. The third-order valence-electron chi connectivity index (χ3n) is 4.95. The van der Waals surface area contributed by atoms with Crippen LogP contribution < -0.4 is 20.1 Å². The maximum Gasteiger partial charge on any atom is 0.308 e. The van der Waals surface area contributed by atoms with Gasteiger partial charge < -0.3 is 24.8 Å². The highest BCUT2D eigenvalue weighted by atomic mass is 32.1. The Morgan fingerprint density at radius 2 is 1.90 bits per heavy atom. The number of esters is 1. The van der Waals surface area contributed by atoms with Gasteiger partial charge in [0.1, 0.15) is 0 Å². The molecule has 2 amide bonds. The van der Waals surface area contributed by atoms with Crippen LogP contribution in [0.15, 0.2) is 35.0 Å². The fourth-order valence-electron chi connectivity index (χ4n) is 3.48. The van der Waals surface area contributed by atoms with Crippen LogP contribution >= 0.6 is 11.3 Å². The van der Waals surface area contributed by atoms with Crippen LogP contribution in [0, 0.1) is 0 Å². The van der Waals surface area contributed by atoms with Crippen molar-refractivity contribution in [3.05, 3.63) is 40.6 Å². The van der Waals surface area contributed by atoms with E-state index in [0.29, 0.717) is 22.7 Å². The van der Waals surface area contributed by atoms with Crippen molar-refractivity contribution in [2.45, 2.75) is 37.9 Å². The van der Waals surface area contributed by atoms with Crippen molar-refractivity contribution in [2.75, 3.05) is 18.5 Å². The minimum Gasteiger partial charge on any atom is -0.456 e. The van der Waals surface area contributed by atoms with E-state index in [1.807, 2.05) is 0 Å². The van der Waals surface area contributed by atoms with E-state index in [4.69, 9.17) is 14.2 Å². The van der Waals surface area contributed by atoms with E-state index < -0.39 is 24.3 Å². The Balaban J connectivity index is 1.18. The number of hydrogen-bond donors (Lipinski definition) is 2. The molecule has 0 saturated heterocycles. The molecule has 2 aromatic rings. The average molecular weight is 430 g/mol. The summed E-state index contributed by atoms with van der Waals surface area (Å²) in [7, 11) is 0. The first-order valence-electron chi connectivity index (χ1n) is 9.81. The van der Waals surface area contributed by atoms with Crippen LogP contribution in [0.2, 0.25) is 0 Å². The number of rotatable bonds is 7. The van der Waals surface area contributed by atoms with Crippen LogP contribution in [0.25, 0.3) is 0 Å². The molecule has 0 atom stereocenters. The zero-order valence-corrected chi connectivity index (χ0v) is 17.1. The second-order valence-corrected chi connectivity index (χ2v) is 7.99. The van der Waals surface area contributed by atoms with Crippen LogP contribution in [0.1, 0.15) is 42.5 Å². The number of benzene rings is 1. The van der Waals surface area contributed by atoms with E-state index in [9.17, 15) is 14.4 Å². The van der Waals surface area contributed by atoms with Gasteiger partial charge in [-0.05, 0) is 36.4 Å². The molecule has 4 rings (SSSR count). The molecule has 2 aliphatic rings. The van der Waals surface area contributed by atoms with E-state index in [2.05, 4.69) is 10.6 Å². The molecular formula is C21H22N2O6S. The van der Waals surface area contributed by atoms with Crippen molar-refractivity contribution < 1.29 is 28.6 Å². The van der Waals surface area contributed by atoms with E-state index in [0.717, 1.165) is 25.7 Å². The molecule has 158 valence electrons. The molecule has 1 aliphatic heterocycles. The third-order valence-corrected chi connectivity index (χ3v) is 5.63. The summed E-state index contributed by atoms with van der Waals surface area (Å²) in [5, 5.41) is 8.83. The summed E-state index contributed by atoms with van der Waals surface area (Å²) >= 11 is 1.42. The van der Waals surface area contributed by atoms with Crippen molar-refractivity contribution >= 4 is 34.8 Å². The van der Waals surface area contributed by atoms with Crippen molar-refractivity contribution in [1.82, 2.24) is 5.32 Å². The van der Waals surface area contributed by atoms with Gasteiger partial charge in [-0.15, -0.1) is 0 Å². The number of nitrogens with one attached hydrogen (secondary N) is 2. The van der Waals surface area contributed by atoms with Crippen molar-refractivity contribution in [3.63, 3.8) is 0 Å². The molecule has 2 N–H and O–H groups in total. The van der Waals surface area contributed by atoms with Gasteiger partial charge in [-0.1, -0.05) is 0 Å². The Hall–Kier alpha value is -3.07. The first-order valence-corrected chi connectivity index (χ1v) is 10.8. The standard InChI is InChI=1S/C21H22N2O6S/c24-18(12-27-19(25)5-9-22-20(26)14-6-10-30-13-14)23-15-3-4-16-17(11-15)29-21(28-16)7-1-2-8-21/h3-4,6,10-11,13H,1-2,5,7-9,12H2,(H,22,26)(H,23,24). The van der Waals surface area contributed by atoms with Crippen molar-refractivity contribution in [3.8, 4) is 11.5 Å². The van der Waals surface area contributed by atoms with Crippen LogP contribution in [0.4, 0.5) is 5.69 Å². The summed E-state index contributed by atoms with van der Waals surface area (Å²) in [6.07, 6.45) is 3.83. The minimum atomic E-state index is -0.565. The molecule has 1 saturated carbocycles. The number of thiophene rings is 1. The summed E-state index contributed by atoms with van der Waals surface area (Å²) in [6.45, 7) is -0.269. The molecule has 1 fully saturated rings. The zero-order chi connectivity index (χ0) is 21.0. The van der Waals surface area contributed by atoms with Gasteiger partial charge >= 0.3 is 5.97 Å². The van der Waals surface area contributed by atoms with Crippen LogP contribution in [0.3, 0.4) is 0 Å². The van der Waals surface area contributed by atoms with Crippen molar-refractivity contribution in [1.29, 1.82) is 0 Å². The molecule has 1 aromatic heterocycles. The smallest absolute Gasteiger partial charge is 0.308 e. The van der Waals surface area contributed by atoms with E-state index in [1.165, 1.54) is 11.3 Å². The number of hydrogen-bond acceptors (Lipinski definition) is 7. The van der Waals surface area contributed by atoms with Crippen molar-refractivity contribution in [2.24, 2.45) is 0 Å². The lowest BCUT2D eigenvalue weighted by Crippen LogP contribution is -2.34. The summed E-state index contributed by atoms with van der Waals surface area (Å²) in [5.74, 6) is -0.549. The monoisotopic (exact) mass is 430 g/mol. The molecular weight excluding hydrogens is 408 g/mol. The summed E-state index contributed by atoms with van der Waals surface area (Å²) < 4.78 is 16.9. The predicted octanol–water partition coefficient (Wildman–Crippen LogP) is 3.09. The average Bonchev–Trinajstić information content (AvgIpc) is 3.47. The Bertz CT molecular complexity index is 937. The van der Waals surface area contributed by atoms with E-state index in [-0.39, 0.29) is 18.9 Å². The molecule has 0 bridgehead atoms. The fourth-order valence-corrected chi connectivity index (χ4v) is 4.11. The van der Waals surface area contributed by atoms with Gasteiger partial charge in [0.15, 0.2) is 18.1 Å². The molecule has 30 heavy (non-hydrogen) atoms. The fraction of sp³-hybridized carbons (Fsp3) is 0.381. The number of anilines is 1. The lowest BCUT2D eigenvalue weighted by molar-refractivity contribution is -0.147. The maximum atomic E-state index is 12.1. The van der Waals surface area contributed by atoms with Gasteiger partial charge in [0.2, 0.25) is 0 Å². The van der Waals surface area contributed by atoms with Gasteiger partial charge in [0, 0.05) is 42.1 Å². The Labute approximate surface area is 177 Å². The third kappa shape index (κ3) is 4.73. The van der Waals surface area contributed by atoms with Gasteiger partial charge in [0.25, 0.3) is 17.6 Å². The van der Waals surface area contributed by atoms with Gasteiger partial charge in [-0.3, -0.25) is 14.4 Å². The summed E-state index contributed by atoms with van der Waals surface area (Å²) in [4.78, 5) is 35.6.